The van der Waals surface area contributed by atoms with Gasteiger partial charge in [-0.3, -0.25) is 0 Å². The Morgan fingerprint density at radius 1 is 1.17 bits per heavy atom. The second-order valence-corrected chi connectivity index (χ2v) is 5.11. The molecule has 0 aromatic heterocycles. The Balaban J connectivity index is 1.88. The molecule has 24 heavy (non-hydrogen) atoms. The number of hydrogen-bond acceptors (Lipinski definition) is 4. The average molecular weight is 327 g/mol. The van der Waals surface area contributed by atoms with Crippen molar-refractivity contribution in [2.24, 2.45) is 0 Å². The van der Waals surface area contributed by atoms with Gasteiger partial charge in [0.2, 0.25) is 0 Å². The molecule has 5 nitrogen and oxygen atoms in total. The molecule has 1 unspecified atom stereocenters. The second kappa shape index (κ2) is 9.37. The predicted octanol–water partition coefficient (Wildman–Crippen LogP) is 3.21. The van der Waals surface area contributed by atoms with Crippen LogP contribution in [0.5, 0.6) is 5.75 Å². The van der Waals surface area contributed by atoms with Crippen LogP contribution in [0, 0.1) is 0 Å². The fourth-order valence-corrected chi connectivity index (χ4v) is 2.09. The average Bonchev–Trinajstić information content (AvgIpc) is 2.64. The summed E-state index contributed by atoms with van der Waals surface area (Å²) in [5.41, 5.74) is 1.66. The van der Waals surface area contributed by atoms with Crippen LogP contribution in [0.4, 0.5) is 4.79 Å². The first-order valence-electron chi connectivity index (χ1n) is 7.64. The van der Waals surface area contributed by atoms with E-state index in [1.807, 2.05) is 30.3 Å². The first-order chi connectivity index (χ1) is 11.7. The summed E-state index contributed by atoms with van der Waals surface area (Å²) in [4.78, 5) is 11.9. The molecule has 1 amide bonds. The molecule has 2 aromatic rings. The number of benzene rings is 2. The minimum atomic E-state index is -0.579. The van der Waals surface area contributed by atoms with Crippen LogP contribution in [-0.4, -0.2) is 24.4 Å². The maximum atomic E-state index is 11.9. The highest BCUT2D eigenvalue weighted by Gasteiger charge is 2.14. The van der Waals surface area contributed by atoms with E-state index < -0.39 is 12.1 Å². The van der Waals surface area contributed by atoms with Crippen molar-refractivity contribution in [1.29, 1.82) is 0 Å². The highest BCUT2D eigenvalue weighted by Crippen LogP contribution is 2.18. The normalized spacial score (nSPS) is 11.4. The van der Waals surface area contributed by atoms with Crippen molar-refractivity contribution in [3.05, 3.63) is 78.4 Å². The molecule has 2 N–H and O–H groups in total. The van der Waals surface area contributed by atoms with Crippen LogP contribution < -0.4 is 10.1 Å². The third-order valence-corrected chi connectivity index (χ3v) is 3.34. The van der Waals surface area contributed by atoms with E-state index in [1.54, 1.807) is 30.3 Å². The zero-order valence-corrected chi connectivity index (χ0v) is 13.4. The van der Waals surface area contributed by atoms with Gasteiger partial charge in [0.15, 0.2) is 0 Å². The molecule has 1 atom stereocenters. The summed E-state index contributed by atoms with van der Waals surface area (Å²) in [6.07, 6.45) is 1.08. The molecule has 0 radical (unpaired) electrons. The van der Waals surface area contributed by atoms with E-state index in [0.29, 0.717) is 12.4 Å². The lowest BCUT2D eigenvalue weighted by Crippen LogP contribution is -2.31. The molecule has 5 heteroatoms. The second-order valence-electron chi connectivity index (χ2n) is 5.11. The van der Waals surface area contributed by atoms with Gasteiger partial charge in [-0.15, -0.1) is 0 Å². The smallest absolute Gasteiger partial charge is 0.408 e. The van der Waals surface area contributed by atoms with Crippen LogP contribution in [0.2, 0.25) is 0 Å². The lowest BCUT2D eigenvalue weighted by Gasteiger charge is -2.17. The molecule has 2 aromatic carbocycles. The van der Waals surface area contributed by atoms with Gasteiger partial charge in [-0.1, -0.05) is 55.1 Å². The predicted molar refractivity (Wildman–Crippen MR) is 91.7 cm³/mol. The van der Waals surface area contributed by atoms with E-state index in [1.165, 1.54) is 0 Å². The van der Waals surface area contributed by atoms with Gasteiger partial charge in [0.05, 0.1) is 12.6 Å². The van der Waals surface area contributed by atoms with E-state index in [4.69, 9.17) is 9.47 Å². The van der Waals surface area contributed by atoms with Crippen LogP contribution in [0.15, 0.2) is 67.3 Å². The van der Waals surface area contributed by atoms with Gasteiger partial charge in [0.1, 0.15) is 19.0 Å². The Hall–Kier alpha value is -2.79. The third-order valence-electron chi connectivity index (χ3n) is 3.34. The van der Waals surface area contributed by atoms with Gasteiger partial charge in [-0.2, -0.15) is 0 Å². The summed E-state index contributed by atoms with van der Waals surface area (Å²) in [6, 6.07) is 16.0. The number of aliphatic hydroxyl groups is 1. The molecule has 2 rings (SSSR count). The number of ether oxygens (including phenoxy) is 2. The molecule has 0 fully saturated rings. The van der Waals surface area contributed by atoms with Crippen molar-refractivity contribution in [2.75, 3.05) is 13.2 Å². The number of carbonyl (C=O) groups excluding carboxylic acids is 1. The van der Waals surface area contributed by atoms with Gasteiger partial charge in [-0.05, 0) is 23.3 Å². The molecule has 0 bridgehead atoms. The van der Waals surface area contributed by atoms with E-state index in [0.717, 1.165) is 11.1 Å². The van der Waals surface area contributed by atoms with Crippen molar-refractivity contribution < 1.29 is 19.4 Å². The van der Waals surface area contributed by atoms with Crippen molar-refractivity contribution >= 4 is 6.09 Å². The van der Waals surface area contributed by atoms with Crippen molar-refractivity contribution in [3.63, 3.8) is 0 Å². The fourth-order valence-electron chi connectivity index (χ4n) is 2.09. The molecular weight excluding hydrogens is 306 g/mol. The van der Waals surface area contributed by atoms with Gasteiger partial charge >= 0.3 is 6.09 Å². The molecule has 0 aliphatic carbocycles. The van der Waals surface area contributed by atoms with Gasteiger partial charge in [0.25, 0.3) is 0 Å². The molecule has 0 aliphatic heterocycles. The zero-order chi connectivity index (χ0) is 17.2. The number of aliphatic hydroxyl groups excluding tert-OH is 1. The Kier molecular flexibility index (Phi) is 6.86. The minimum absolute atomic E-state index is 0.180. The SMILES string of the molecule is C=CCOc1ccc(C(CO)NC(=O)OCc2ccccc2)cc1. The van der Waals surface area contributed by atoms with E-state index >= 15 is 0 Å². The largest absolute Gasteiger partial charge is 0.490 e. The first kappa shape index (κ1) is 17.6. The molecule has 0 saturated carbocycles. The van der Waals surface area contributed by atoms with Crippen LogP contribution in [0.25, 0.3) is 0 Å². The number of nitrogens with one attached hydrogen (secondary N) is 1. The Morgan fingerprint density at radius 3 is 2.50 bits per heavy atom. The third kappa shape index (κ3) is 5.44. The zero-order valence-electron chi connectivity index (χ0n) is 13.4. The number of carbonyl (C=O) groups is 1. The summed E-state index contributed by atoms with van der Waals surface area (Å²) in [5.74, 6) is 0.696. The van der Waals surface area contributed by atoms with Gasteiger partial charge < -0.3 is 19.9 Å². The topological polar surface area (TPSA) is 67.8 Å². The summed E-state index contributed by atoms with van der Waals surface area (Å²) < 4.78 is 10.6. The molecule has 0 spiro atoms. The lowest BCUT2D eigenvalue weighted by atomic mass is 10.1. The quantitative estimate of drug-likeness (QED) is 0.731. The fraction of sp³-hybridized carbons (Fsp3) is 0.211. The summed E-state index contributed by atoms with van der Waals surface area (Å²) in [7, 11) is 0. The number of amides is 1. The van der Waals surface area contributed by atoms with E-state index in [9.17, 15) is 9.90 Å². The summed E-state index contributed by atoms with van der Waals surface area (Å²) >= 11 is 0. The van der Waals surface area contributed by atoms with Gasteiger partial charge in [0, 0.05) is 0 Å². The van der Waals surface area contributed by atoms with Crippen molar-refractivity contribution in [1.82, 2.24) is 5.32 Å². The molecule has 0 heterocycles. The number of hydrogen-bond donors (Lipinski definition) is 2. The Bertz CT molecular complexity index is 640. The molecular formula is C19H21NO4. The number of rotatable bonds is 8. The maximum absolute atomic E-state index is 11.9. The first-order valence-corrected chi connectivity index (χ1v) is 7.64. The van der Waals surface area contributed by atoms with Crippen molar-refractivity contribution in [2.45, 2.75) is 12.6 Å². The van der Waals surface area contributed by atoms with Crippen LogP contribution in [-0.2, 0) is 11.3 Å². The highest BCUT2D eigenvalue weighted by molar-refractivity contribution is 5.68. The molecule has 126 valence electrons. The van der Waals surface area contributed by atoms with Crippen LogP contribution in [0.3, 0.4) is 0 Å². The van der Waals surface area contributed by atoms with Crippen molar-refractivity contribution in [3.8, 4) is 5.75 Å². The Morgan fingerprint density at radius 2 is 1.88 bits per heavy atom. The highest BCUT2D eigenvalue weighted by atomic mass is 16.5. The maximum Gasteiger partial charge on any atom is 0.408 e. The Labute approximate surface area is 141 Å². The van der Waals surface area contributed by atoms with Crippen LogP contribution in [0.1, 0.15) is 17.2 Å². The molecule has 0 saturated heterocycles. The number of alkyl carbamates (subject to hydrolysis) is 1. The summed E-state index contributed by atoms with van der Waals surface area (Å²) in [6.45, 7) is 3.96. The van der Waals surface area contributed by atoms with E-state index in [-0.39, 0.29) is 13.2 Å². The monoisotopic (exact) mass is 327 g/mol. The van der Waals surface area contributed by atoms with Gasteiger partial charge in [-0.25, -0.2) is 4.79 Å². The van der Waals surface area contributed by atoms with E-state index in [2.05, 4.69) is 11.9 Å². The lowest BCUT2D eigenvalue weighted by molar-refractivity contribution is 0.129. The standard InChI is InChI=1S/C19H21NO4/c1-2-12-23-17-10-8-16(9-11-17)18(13-21)20-19(22)24-14-15-6-4-3-5-7-15/h2-11,18,21H,1,12-14H2,(H,20,22). The minimum Gasteiger partial charge on any atom is -0.490 e. The molecule has 0 aliphatic rings. The van der Waals surface area contributed by atoms with Crippen LogP contribution >= 0.6 is 0 Å². The summed E-state index contributed by atoms with van der Waals surface area (Å²) in [5, 5.41) is 12.2.